The highest BCUT2D eigenvalue weighted by Gasteiger charge is 2.76. The summed E-state index contributed by atoms with van der Waals surface area (Å²) >= 11 is 0. The van der Waals surface area contributed by atoms with Crippen molar-refractivity contribution in [2.75, 3.05) is 18.0 Å². The second kappa shape index (κ2) is 3.63. The first kappa shape index (κ1) is 12.3. The Morgan fingerprint density at radius 1 is 1.42 bits per heavy atom. The molecule has 1 aromatic carbocycles. The van der Waals surface area contributed by atoms with Crippen molar-refractivity contribution in [2.45, 2.75) is 11.2 Å². The number of carbonyl (C=O) groups is 1. The van der Waals surface area contributed by atoms with E-state index in [9.17, 15) is 18.3 Å². The molecule has 1 aliphatic heterocycles. The predicted octanol–water partition coefficient (Wildman–Crippen LogP) is 0.688. The van der Waals surface area contributed by atoms with Gasteiger partial charge in [0, 0.05) is 12.5 Å². The summed E-state index contributed by atoms with van der Waals surface area (Å²) in [7, 11) is -2.31. The maximum Gasteiger partial charge on any atom is 0.327 e. The van der Waals surface area contributed by atoms with Crippen molar-refractivity contribution in [3.05, 3.63) is 24.3 Å². The lowest BCUT2D eigenvalue weighted by Gasteiger charge is -2.21. The van der Waals surface area contributed by atoms with E-state index in [1.165, 1.54) is 11.4 Å². The lowest BCUT2D eigenvalue weighted by Crippen LogP contribution is -2.39. The SMILES string of the molecule is COc1ccc(N2CC3CC3(C(=O)O)S2(=O)=O)cc1. The van der Waals surface area contributed by atoms with Crippen molar-refractivity contribution >= 4 is 21.7 Å². The zero-order chi connectivity index (χ0) is 13.8. The molecule has 2 atom stereocenters. The number of ether oxygens (including phenoxy) is 1. The number of hydrogen-bond donors (Lipinski definition) is 1. The molecule has 2 unspecified atom stereocenters. The van der Waals surface area contributed by atoms with Crippen molar-refractivity contribution in [3.8, 4) is 5.75 Å². The van der Waals surface area contributed by atoms with E-state index < -0.39 is 20.7 Å². The van der Waals surface area contributed by atoms with Crippen LogP contribution in [0.5, 0.6) is 5.75 Å². The number of fused-ring (bicyclic) bond motifs is 1. The van der Waals surface area contributed by atoms with E-state index in [1.807, 2.05) is 0 Å². The molecule has 1 N–H and O–H groups in total. The Kier molecular flexibility index (Phi) is 2.35. The van der Waals surface area contributed by atoms with Crippen LogP contribution in [0.3, 0.4) is 0 Å². The van der Waals surface area contributed by atoms with Crippen molar-refractivity contribution in [1.29, 1.82) is 0 Å². The van der Waals surface area contributed by atoms with Crippen LogP contribution in [0.4, 0.5) is 5.69 Å². The van der Waals surface area contributed by atoms with Gasteiger partial charge in [0.05, 0.1) is 12.8 Å². The maximum atomic E-state index is 12.4. The Labute approximate surface area is 110 Å². The number of benzene rings is 1. The highest BCUT2D eigenvalue weighted by molar-refractivity contribution is 7.95. The molecule has 1 saturated heterocycles. The Balaban J connectivity index is 1.98. The van der Waals surface area contributed by atoms with E-state index in [2.05, 4.69) is 0 Å². The van der Waals surface area contributed by atoms with Crippen molar-refractivity contribution in [2.24, 2.45) is 5.92 Å². The summed E-state index contributed by atoms with van der Waals surface area (Å²) in [5.41, 5.74) is 0.480. The van der Waals surface area contributed by atoms with E-state index in [0.29, 0.717) is 11.4 Å². The van der Waals surface area contributed by atoms with Gasteiger partial charge in [-0.25, -0.2) is 8.42 Å². The van der Waals surface area contributed by atoms with Gasteiger partial charge in [-0.15, -0.1) is 0 Å². The Hall–Kier alpha value is -1.76. The summed E-state index contributed by atoms with van der Waals surface area (Å²) in [6.45, 7) is 0.237. The number of carboxylic acid groups (broad SMARTS) is 1. The molecule has 6 nitrogen and oxygen atoms in total. The van der Waals surface area contributed by atoms with Crippen LogP contribution in [-0.2, 0) is 14.8 Å². The molecule has 3 rings (SSSR count). The first-order valence-corrected chi connectivity index (χ1v) is 7.27. The lowest BCUT2D eigenvalue weighted by atomic mass is 10.2. The third-order valence-electron chi connectivity index (χ3n) is 3.91. The van der Waals surface area contributed by atoms with Crippen LogP contribution in [0.2, 0.25) is 0 Å². The number of hydrogen-bond acceptors (Lipinski definition) is 4. The van der Waals surface area contributed by atoms with Crippen molar-refractivity contribution in [3.63, 3.8) is 0 Å². The summed E-state index contributed by atoms with van der Waals surface area (Å²) in [6.07, 6.45) is 0.220. The molecule has 1 saturated carbocycles. The van der Waals surface area contributed by atoms with Crippen LogP contribution in [0.1, 0.15) is 6.42 Å². The molecule has 0 amide bonds. The second-order valence-corrected chi connectivity index (χ2v) is 6.95. The van der Waals surface area contributed by atoms with Crippen LogP contribution >= 0.6 is 0 Å². The molecule has 2 fully saturated rings. The molecule has 1 aliphatic carbocycles. The third-order valence-corrected chi connectivity index (χ3v) is 6.44. The predicted molar refractivity (Wildman–Crippen MR) is 67.7 cm³/mol. The first-order valence-electron chi connectivity index (χ1n) is 5.83. The number of anilines is 1. The molecular weight excluding hydrogens is 270 g/mol. The first-order chi connectivity index (χ1) is 8.93. The lowest BCUT2D eigenvalue weighted by molar-refractivity contribution is -0.137. The van der Waals surface area contributed by atoms with E-state index in [1.54, 1.807) is 24.3 Å². The second-order valence-electron chi connectivity index (χ2n) is 4.83. The largest absolute Gasteiger partial charge is 0.497 e. The van der Waals surface area contributed by atoms with E-state index in [4.69, 9.17) is 4.74 Å². The average Bonchev–Trinajstić information content (AvgIpc) is 3.07. The standard InChI is InChI=1S/C12H13NO5S/c1-18-10-4-2-9(3-5-10)13-7-8-6-12(8,11(14)15)19(13,16)17/h2-5,8H,6-7H2,1H3,(H,14,15). The summed E-state index contributed by atoms with van der Waals surface area (Å²) in [6, 6.07) is 6.55. The molecule has 7 heteroatoms. The van der Waals surface area contributed by atoms with Gasteiger partial charge in [-0.1, -0.05) is 0 Å². The van der Waals surface area contributed by atoms with E-state index in [0.717, 1.165) is 0 Å². The van der Waals surface area contributed by atoms with Crippen LogP contribution in [0.15, 0.2) is 24.3 Å². The van der Waals surface area contributed by atoms with Crippen LogP contribution in [0, 0.1) is 5.92 Å². The number of carboxylic acids is 1. The zero-order valence-electron chi connectivity index (χ0n) is 10.2. The van der Waals surface area contributed by atoms with E-state index >= 15 is 0 Å². The number of sulfonamides is 1. The van der Waals surface area contributed by atoms with Crippen molar-refractivity contribution in [1.82, 2.24) is 0 Å². The van der Waals surface area contributed by atoms with Gasteiger partial charge in [-0.05, 0) is 30.7 Å². The van der Waals surface area contributed by atoms with Gasteiger partial charge in [-0.2, -0.15) is 0 Å². The van der Waals surface area contributed by atoms with Crippen molar-refractivity contribution < 1.29 is 23.1 Å². The smallest absolute Gasteiger partial charge is 0.327 e. The Morgan fingerprint density at radius 3 is 2.53 bits per heavy atom. The highest BCUT2D eigenvalue weighted by atomic mass is 32.2. The summed E-state index contributed by atoms with van der Waals surface area (Å²) < 4.78 is 29.3. The normalized spacial score (nSPS) is 30.8. The minimum Gasteiger partial charge on any atom is -0.497 e. The number of rotatable bonds is 3. The Morgan fingerprint density at radius 2 is 2.05 bits per heavy atom. The van der Waals surface area contributed by atoms with Gasteiger partial charge in [-0.3, -0.25) is 9.10 Å². The van der Waals surface area contributed by atoms with Gasteiger partial charge < -0.3 is 9.84 Å². The summed E-state index contributed by atoms with van der Waals surface area (Å²) in [5, 5.41) is 9.17. The molecule has 0 radical (unpaired) electrons. The Bertz CT molecular complexity index is 639. The zero-order valence-corrected chi connectivity index (χ0v) is 11.1. The number of nitrogens with zero attached hydrogens (tertiary/aromatic N) is 1. The monoisotopic (exact) mass is 283 g/mol. The fraction of sp³-hybridized carbons (Fsp3) is 0.417. The third kappa shape index (κ3) is 1.42. The quantitative estimate of drug-likeness (QED) is 0.882. The van der Waals surface area contributed by atoms with E-state index in [-0.39, 0.29) is 18.9 Å². The molecule has 19 heavy (non-hydrogen) atoms. The highest BCUT2D eigenvalue weighted by Crippen LogP contribution is 2.58. The number of aliphatic carboxylic acids is 1. The topological polar surface area (TPSA) is 83.9 Å². The fourth-order valence-corrected chi connectivity index (χ4v) is 4.99. The molecule has 0 aromatic heterocycles. The summed E-state index contributed by atoms with van der Waals surface area (Å²) in [4.78, 5) is 11.2. The molecule has 102 valence electrons. The van der Waals surface area contributed by atoms with Gasteiger partial charge in [0.2, 0.25) is 0 Å². The van der Waals surface area contributed by atoms with Crippen LogP contribution < -0.4 is 9.04 Å². The average molecular weight is 283 g/mol. The summed E-state index contributed by atoms with van der Waals surface area (Å²) in [5.74, 6) is -0.927. The van der Waals surface area contributed by atoms with Gasteiger partial charge in [0.15, 0.2) is 4.75 Å². The minimum absolute atomic E-state index is 0.220. The molecule has 1 aromatic rings. The van der Waals surface area contributed by atoms with Gasteiger partial charge in [0.1, 0.15) is 5.75 Å². The minimum atomic E-state index is -3.83. The molecule has 0 spiro atoms. The molecule has 2 aliphatic rings. The number of methoxy groups -OCH3 is 1. The molecule has 1 heterocycles. The van der Waals surface area contributed by atoms with Crippen LogP contribution in [0.25, 0.3) is 0 Å². The van der Waals surface area contributed by atoms with Gasteiger partial charge >= 0.3 is 5.97 Å². The molecular formula is C12H13NO5S. The van der Waals surface area contributed by atoms with Gasteiger partial charge in [0.25, 0.3) is 10.0 Å². The maximum absolute atomic E-state index is 12.4. The fourth-order valence-electron chi connectivity index (χ4n) is 2.69. The van der Waals surface area contributed by atoms with Crippen LogP contribution in [-0.4, -0.2) is 37.9 Å². The molecule has 0 bridgehead atoms.